The molecule has 0 aliphatic heterocycles. The molecular weight excluding hydrogens is 279 g/mol. The maximum absolute atomic E-state index is 10.7. The summed E-state index contributed by atoms with van der Waals surface area (Å²) in [4.78, 5) is 19.6. The molecule has 5 heteroatoms. The van der Waals surface area contributed by atoms with E-state index in [0.29, 0.717) is 0 Å². The van der Waals surface area contributed by atoms with E-state index >= 15 is 0 Å². The normalized spacial score (nSPS) is 8.72. The Morgan fingerprint density at radius 2 is 1.44 bits per heavy atom. The number of carboxylic acids is 2. The van der Waals surface area contributed by atoms with Crippen LogP contribution in [0.3, 0.4) is 0 Å². The molecule has 95 valence electrons. The first-order valence-corrected chi connectivity index (χ1v) is 4.89. The van der Waals surface area contributed by atoms with Crippen molar-refractivity contribution < 1.29 is 36.6 Å². The molecule has 4 nitrogen and oxygen atoms in total. The maximum Gasteiger partial charge on any atom is 2.00 e. The monoisotopic (exact) mass is 289 g/mol. The Kier molecular flexibility index (Phi) is 6.70. The van der Waals surface area contributed by atoms with Crippen LogP contribution in [0.1, 0.15) is 17.3 Å². The molecule has 0 unspecified atom stereocenters. The number of hydrogen-bond acceptors (Lipinski definition) is 4. The van der Waals surface area contributed by atoms with Gasteiger partial charge in [-0.25, -0.2) is 0 Å². The number of carbonyl (C=O) groups excluding carboxylic acids is 2. The van der Waals surface area contributed by atoms with Crippen molar-refractivity contribution in [2.75, 3.05) is 0 Å². The first-order valence-electron chi connectivity index (χ1n) is 4.89. The molecule has 0 saturated carbocycles. The minimum absolute atomic E-state index is 0. The summed E-state index contributed by atoms with van der Waals surface area (Å²) in [7, 11) is 0. The van der Waals surface area contributed by atoms with Crippen LogP contribution >= 0.6 is 0 Å². The van der Waals surface area contributed by atoms with E-state index < -0.39 is 11.9 Å². The molecule has 2 aromatic carbocycles. The third kappa shape index (κ3) is 4.56. The average molecular weight is 289 g/mol. The second-order valence-electron chi connectivity index (χ2n) is 3.31. The Bertz CT molecular complexity index is 542. The molecule has 1 radical (unpaired) electrons. The number of benzene rings is 2. The second-order valence-corrected chi connectivity index (χ2v) is 3.31. The fourth-order valence-corrected chi connectivity index (χ4v) is 1.40. The van der Waals surface area contributed by atoms with Crippen LogP contribution in [0.4, 0.5) is 0 Å². The molecule has 18 heavy (non-hydrogen) atoms. The summed E-state index contributed by atoms with van der Waals surface area (Å²) in [6.07, 6.45) is 0. The molecule has 0 spiro atoms. The average Bonchev–Trinajstić information content (AvgIpc) is 2.27. The van der Waals surface area contributed by atoms with Crippen molar-refractivity contribution in [2.24, 2.45) is 0 Å². The van der Waals surface area contributed by atoms with Crippen molar-refractivity contribution in [1.29, 1.82) is 0 Å². The predicted octanol–water partition coefficient (Wildman–Crippen LogP) is -0.0430. The number of carbonyl (C=O) groups is 2. The largest absolute Gasteiger partial charge is 2.00 e. The molecule has 2 aromatic rings. The third-order valence-corrected chi connectivity index (χ3v) is 2.01. The Hall–Kier alpha value is -1.85. The van der Waals surface area contributed by atoms with Gasteiger partial charge in [0.25, 0.3) is 0 Å². The predicted molar refractivity (Wildman–Crippen MR) is 59.0 cm³/mol. The van der Waals surface area contributed by atoms with E-state index in [2.05, 4.69) is 0 Å². The van der Waals surface area contributed by atoms with Gasteiger partial charge in [0.1, 0.15) is 0 Å². The first kappa shape index (κ1) is 16.1. The third-order valence-electron chi connectivity index (χ3n) is 2.01. The van der Waals surface area contributed by atoms with Crippen LogP contribution in [-0.4, -0.2) is 11.9 Å². The number of rotatable bonds is 1. The SMILES string of the molecule is CC(=O)[O-].O=C([O-])c1cccc2ccccc12.[Co+2]. The van der Waals surface area contributed by atoms with E-state index in [-0.39, 0.29) is 22.3 Å². The van der Waals surface area contributed by atoms with Gasteiger partial charge in [0.05, 0.1) is 5.97 Å². The molecule has 0 aliphatic carbocycles. The van der Waals surface area contributed by atoms with Crippen molar-refractivity contribution in [3.63, 3.8) is 0 Å². The summed E-state index contributed by atoms with van der Waals surface area (Å²) < 4.78 is 0. The zero-order valence-corrected chi connectivity index (χ0v) is 10.5. The van der Waals surface area contributed by atoms with Gasteiger partial charge in [0, 0.05) is 11.5 Å². The Morgan fingerprint density at radius 1 is 0.944 bits per heavy atom. The molecule has 0 amide bonds. The van der Waals surface area contributed by atoms with Crippen LogP contribution in [0.15, 0.2) is 42.5 Å². The zero-order valence-electron chi connectivity index (χ0n) is 9.51. The summed E-state index contributed by atoms with van der Waals surface area (Å²) in [5, 5.41) is 21.2. The van der Waals surface area contributed by atoms with E-state index in [1.54, 1.807) is 18.2 Å². The van der Waals surface area contributed by atoms with Gasteiger partial charge < -0.3 is 19.8 Å². The fourth-order valence-electron chi connectivity index (χ4n) is 1.40. The zero-order chi connectivity index (χ0) is 12.8. The van der Waals surface area contributed by atoms with Gasteiger partial charge in [-0.15, -0.1) is 0 Å². The van der Waals surface area contributed by atoms with Crippen molar-refractivity contribution in [3.8, 4) is 0 Å². The van der Waals surface area contributed by atoms with E-state index in [1.165, 1.54) is 0 Å². The summed E-state index contributed by atoms with van der Waals surface area (Å²) in [6.45, 7) is 0.972. The Morgan fingerprint density at radius 3 is 2.00 bits per heavy atom. The van der Waals surface area contributed by atoms with Crippen molar-refractivity contribution in [3.05, 3.63) is 48.0 Å². The van der Waals surface area contributed by atoms with E-state index in [0.717, 1.165) is 17.7 Å². The number of aromatic carboxylic acids is 1. The van der Waals surface area contributed by atoms with Crippen LogP contribution in [0.5, 0.6) is 0 Å². The minimum Gasteiger partial charge on any atom is -0.550 e. The number of aliphatic carboxylic acids is 1. The first-order chi connectivity index (χ1) is 8.02. The molecule has 2 rings (SSSR count). The van der Waals surface area contributed by atoms with Gasteiger partial charge in [-0.05, 0) is 17.7 Å². The summed E-state index contributed by atoms with van der Waals surface area (Å²) in [5.41, 5.74) is 0.248. The van der Waals surface area contributed by atoms with Crippen molar-refractivity contribution >= 4 is 22.7 Å². The molecule has 0 aliphatic rings. The van der Waals surface area contributed by atoms with Gasteiger partial charge in [-0.3, -0.25) is 0 Å². The molecular formula is C13H10CoO4. The maximum atomic E-state index is 10.7. The van der Waals surface area contributed by atoms with E-state index in [1.807, 2.05) is 24.3 Å². The summed E-state index contributed by atoms with van der Waals surface area (Å²) >= 11 is 0. The molecule has 0 atom stereocenters. The smallest absolute Gasteiger partial charge is 0.550 e. The Balaban J connectivity index is 0.000000512. The van der Waals surface area contributed by atoms with E-state index in [9.17, 15) is 9.90 Å². The van der Waals surface area contributed by atoms with Gasteiger partial charge >= 0.3 is 16.8 Å². The second kappa shape index (κ2) is 7.47. The van der Waals surface area contributed by atoms with Gasteiger partial charge in [0.15, 0.2) is 0 Å². The van der Waals surface area contributed by atoms with Crippen LogP contribution in [0.25, 0.3) is 10.8 Å². The summed E-state index contributed by atoms with van der Waals surface area (Å²) in [6, 6.07) is 12.5. The Labute approximate surface area is 114 Å². The molecule has 0 aromatic heterocycles. The van der Waals surface area contributed by atoms with E-state index in [4.69, 9.17) is 9.90 Å². The summed E-state index contributed by atoms with van der Waals surface area (Å²) in [5.74, 6) is -2.21. The van der Waals surface area contributed by atoms with Crippen LogP contribution in [0, 0.1) is 0 Å². The van der Waals surface area contributed by atoms with Crippen LogP contribution < -0.4 is 10.2 Å². The van der Waals surface area contributed by atoms with Crippen molar-refractivity contribution in [2.45, 2.75) is 6.92 Å². The number of fused-ring (bicyclic) bond motifs is 1. The minimum atomic E-state index is -1.13. The van der Waals surface area contributed by atoms with Gasteiger partial charge in [0.2, 0.25) is 0 Å². The van der Waals surface area contributed by atoms with Gasteiger partial charge in [-0.1, -0.05) is 42.5 Å². The molecule has 0 N–H and O–H groups in total. The molecule has 0 bridgehead atoms. The number of hydrogen-bond donors (Lipinski definition) is 0. The van der Waals surface area contributed by atoms with Crippen LogP contribution in [0.2, 0.25) is 0 Å². The molecule has 0 saturated heterocycles. The molecule has 0 heterocycles. The van der Waals surface area contributed by atoms with Crippen molar-refractivity contribution in [1.82, 2.24) is 0 Å². The number of carboxylic acid groups (broad SMARTS) is 2. The fraction of sp³-hybridized carbons (Fsp3) is 0.0769. The molecule has 0 fully saturated rings. The van der Waals surface area contributed by atoms with Crippen LogP contribution in [-0.2, 0) is 21.6 Å². The quantitative estimate of drug-likeness (QED) is 0.737. The standard InChI is InChI=1S/C11H8O2.C2H4O2.Co/c12-11(13)10-7-3-5-8-4-1-2-6-9(8)10;1-2(3)4;/h1-7H,(H,12,13);1H3,(H,3,4);/q;;+2/p-2. The topological polar surface area (TPSA) is 80.3 Å². The van der Waals surface area contributed by atoms with Gasteiger partial charge in [-0.2, -0.15) is 0 Å².